The number of thioether (sulfide) groups is 1. The number of nitrogens with one attached hydrogen (secondary N) is 5. The van der Waals surface area contributed by atoms with E-state index in [0.717, 1.165) is 11.1 Å². The molecule has 2 aromatic carbocycles. The Hall–Kier alpha value is -4.10. The van der Waals surface area contributed by atoms with Crippen molar-refractivity contribution in [2.24, 2.45) is 0 Å². The van der Waals surface area contributed by atoms with Gasteiger partial charge in [0.05, 0.1) is 18.2 Å². The molecule has 0 aromatic heterocycles. The number of para-hydroxylation sites is 1. The number of carbonyl (C=O) groups is 5. The first kappa shape index (κ1) is 30.1. The molecule has 204 valence electrons. The Bertz CT molecular complexity index is 1130. The van der Waals surface area contributed by atoms with E-state index in [4.69, 9.17) is 5.11 Å². The van der Waals surface area contributed by atoms with E-state index in [2.05, 4.69) is 26.8 Å². The average Bonchev–Trinajstić information content (AvgIpc) is 2.87. The number of hydrogen-bond acceptors (Lipinski definition) is 7. The summed E-state index contributed by atoms with van der Waals surface area (Å²) in [5.74, 6) is -4.25. The quantitative estimate of drug-likeness (QED) is 0.136. The van der Waals surface area contributed by atoms with Gasteiger partial charge in [0.2, 0.25) is 11.8 Å². The van der Waals surface area contributed by atoms with Crippen LogP contribution in [0.1, 0.15) is 24.0 Å². The third-order valence-corrected chi connectivity index (χ3v) is 6.20. The van der Waals surface area contributed by atoms with Gasteiger partial charge in [-0.3, -0.25) is 19.8 Å². The second-order valence-corrected chi connectivity index (χ2v) is 9.32. The molecule has 0 saturated heterocycles. The van der Waals surface area contributed by atoms with Crippen LogP contribution >= 0.6 is 11.8 Å². The Morgan fingerprint density at radius 3 is 2.16 bits per heavy atom. The second-order valence-electron chi connectivity index (χ2n) is 8.28. The molecule has 0 aliphatic rings. The largest absolute Gasteiger partial charge is 0.481 e. The van der Waals surface area contributed by atoms with E-state index in [1.165, 1.54) is 11.8 Å². The van der Waals surface area contributed by atoms with E-state index in [9.17, 15) is 29.1 Å². The van der Waals surface area contributed by atoms with Crippen LogP contribution in [-0.4, -0.2) is 63.7 Å². The number of hydrogen-bond donors (Lipinski definition) is 7. The number of carboxylic acids is 2. The highest BCUT2D eigenvalue weighted by Crippen LogP contribution is 2.15. The molecule has 4 amide bonds. The maximum absolute atomic E-state index is 13.0. The maximum atomic E-state index is 13.0. The molecule has 0 bridgehead atoms. The topological polar surface area (TPSA) is 186 Å². The molecule has 0 saturated carbocycles. The zero-order chi connectivity index (χ0) is 28.1. The van der Waals surface area contributed by atoms with E-state index in [1.807, 2.05) is 19.1 Å². The predicted octanol–water partition coefficient (Wildman–Crippen LogP) is 1.47. The Balaban J connectivity index is 2.10. The first-order chi connectivity index (χ1) is 18.1. The zero-order valence-corrected chi connectivity index (χ0v) is 21.7. The molecule has 2 aromatic rings. The minimum atomic E-state index is -1.69. The van der Waals surface area contributed by atoms with Gasteiger partial charge in [-0.1, -0.05) is 48.5 Å². The summed E-state index contributed by atoms with van der Waals surface area (Å²) < 4.78 is 0. The highest BCUT2D eigenvalue weighted by molar-refractivity contribution is 7.99. The number of hydrazine groups is 1. The molecule has 0 fully saturated rings. The minimum absolute atomic E-state index is 0.0159. The van der Waals surface area contributed by atoms with Crippen LogP contribution in [0, 0.1) is 6.92 Å². The number of carbonyl (C=O) groups excluding carboxylic acids is 3. The van der Waals surface area contributed by atoms with Crippen molar-refractivity contribution in [1.29, 1.82) is 0 Å². The fraction of sp³-hybridized carbons (Fsp3) is 0.320. The van der Waals surface area contributed by atoms with E-state index >= 15 is 0 Å². The molecule has 0 aliphatic heterocycles. The number of benzene rings is 2. The van der Waals surface area contributed by atoms with Crippen LogP contribution in [0.25, 0.3) is 0 Å². The van der Waals surface area contributed by atoms with Crippen LogP contribution in [0.2, 0.25) is 0 Å². The van der Waals surface area contributed by atoms with Crippen LogP contribution in [0.3, 0.4) is 0 Å². The van der Waals surface area contributed by atoms with Crippen molar-refractivity contribution in [2.45, 2.75) is 43.6 Å². The fourth-order valence-corrected chi connectivity index (χ4v) is 3.93. The second kappa shape index (κ2) is 15.2. The summed E-state index contributed by atoms with van der Waals surface area (Å²) in [4.78, 5) is 60.4. The molecule has 0 radical (unpaired) electrons. The van der Waals surface area contributed by atoms with Crippen molar-refractivity contribution in [3.8, 4) is 0 Å². The van der Waals surface area contributed by atoms with Crippen molar-refractivity contribution >= 4 is 47.2 Å². The molecule has 2 rings (SSSR count). The van der Waals surface area contributed by atoms with Crippen LogP contribution < -0.4 is 26.8 Å². The summed E-state index contributed by atoms with van der Waals surface area (Å²) in [5.41, 5.74) is 7.21. The standard InChI is InChI=1S/C25H31N5O7S/c1-15-8-6-7-11-17(15)27-25(37)28-21(38-2)13-18(23(34)26-19(24(35)36)14-22(32)33)29-30-20(31)12-16-9-4-3-5-10-16/h3-11,18-19,21,29H,12-14H2,1-2H3,(H,26,34)(H,30,31)(H,32,33)(H,35,36)(H2,27,28,37)/t18-,19-,21?/m0/s1. The Morgan fingerprint density at radius 2 is 1.55 bits per heavy atom. The zero-order valence-electron chi connectivity index (χ0n) is 20.9. The van der Waals surface area contributed by atoms with Crippen molar-refractivity contribution in [3.63, 3.8) is 0 Å². The van der Waals surface area contributed by atoms with Crippen LogP contribution in [0.15, 0.2) is 54.6 Å². The number of anilines is 1. The summed E-state index contributed by atoms with van der Waals surface area (Å²) in [5, 5.41) is 25.3. The Labute approximate surface area is 223 Å². The van der Waals surface area contributed by atoms with Gasteiger partial charge < -0.3 is 26.2 Å². The number of carboxylic acid groups (broad SMARTS) is 2. The van der Waals surface area contributed by atoms with E-state index < -0.39 is 53.7 Å². The molecule has 38 heavy (non-hydrogen) atoms. The van der Waals surface area contributed by atoms with Gasteiger partial charge in [0.15, 0.2) is 0 Å². The van der Waals surface area contributed by atoms with E-state index in [-0.39, 0.29) is 12.8 Å². The molecule has 0 aliphatic carbocycles. The molecular formula is C25H31N5O7S. The average molecular weight is 546 g/mol. The Morgan fingerprint density at radius 1 is 0.895 bits per heavy atom. The lowest BCUT2D eigenvalue weighted by atomic mass is 10.1. The molecule has 0 heterocycles. The van der Waals surface area contributed by atoms with Crippen LogP contribution in [0.4, 0.5) is 10.5 Å². The normalized spacial score (nSPS) is 12.9. The number of aryl methyl sites for hydroxylation is 1. The molecule has 0 spiro atoms. The molecule has 12 nitrogen and oxygen atoms in total. The summed E-state index contributed by atoms with van der Waals surface area (Å²) in [6, 6.07) is 12.6. The first-order valence-corrected chi connectivity index (χ1v) is 12.9. The third-order valence-electron chi connectivity index (χ3n) is 5.32. The summed E-state index contributed by atoms with van der Waals surface area (Å²) in [7, 11) is 0. The molecule has 3 atom stereocenters. The number of urea groups is 1. The molecule has 7 N–H and O–H groups in total. The predicted molar refractivity (Wildman–Crippen MR) is 142 cm³/mol. The van der Waals surface area contributed by atoms with Gasteiger partial charge in [0.25, 0.3) is 0 Å². The summed E-state index contributed by atoms with van der Waals surface area (Å²) in [6.45, 7) is 1.83. The van der Waals surface area contributed by atoms with Gasteiger partial charge in [-0.2, -0.15) is 0 Å². The molecule has 13 heteroatoms. The number of amides is 4. The van der Waals surface area contributed by atoms with Gasteiger partial charge in [-0.05, 0) is 30.4 Å². The monoisotopic (exact) mass is 545 g/mol. The number of rotatable bonds is 14. The fourth-order valence-electron chi connectivity index (χ4n) is 3.32. The van der Waals surface area contributed by atoms with Gasteiger partial charge in [-0.15, -0.1) is 11.8 Å². The lowest BCUT2D eigenvalue weighted by molar-refractivity contribution is -0.147. The van der Waals surface area contributed by atoms with Crippen molar-refractivity contribution in [1.82, 2.24) is 21.5 Å². The van der Waals surface area contributed by atoms with Gasteiger partial charge >= 0.3 is 18.0 Å². The van der Waals surface area contributed by atoms with Gasteiger partial charge in [0, 0.05) is 12.1 Å². The SMILES string of the molecule is CSC(C[C@H](NNC(=O)Cc1ccccc1)C(=O)N[C@@H](CC(=O)O)C(=O)O)NC(=O)Nc1ccccc1C. The van der Waals surface area contributed by atoms with E-state index in [0.29, 0.717) is 5.69 Å². The van der Waals surface area contributed by atoms with Gasteiger partial charge in [-0.25, -0.2) is 15.0 Å². The van der Waals surface area contributed by atoms with Crippen LogP contribution in [-0.2, 0) is 25.6 Å². The third kappa shape index (κ3) is 10.5. The summed E-state index contributed by atoms with van der Waals surface area (Å²) in [6.07, 6.45) is 0.810. The van der Waals surface area contributed by atoms with Crippen LogP contribution in [0.5, 0.6) is 0 Å². The highest BCUT2D eigenvalue weighted by Gasteiger charge is 2.29. The molecular weight excluding hydrogens is 514 g/mol. The first-order valence-electron chi connectivity index (χ1n) is 11.6. The Kier molecular flexibility index (Phi) is 12.1. The lowest BCUT2D eigenvalue weighted by Gasteiger charge is -2.25. The van der Waals surface area contributed by atoms with Crippen molar-refractivity contribution in [2.75, 3.05) is 11.6 Å². The van der Waals surface area contributed by atoms with Crippen molar-refractivity contribution in [3.05, 3.63) is 65.7 Å². The van der Waals surface area contributed by atoms with E-state index in [1.54, 1.807) is 48.7 Å². The number of aliphatic carboxylic acids is 2. The van der Waals surface area contributed by atoms with Gasteiger partial charge in [0.1, 0.15) is 12.1 Å². The maximum Gasteiger partial charge on any atom is 0.326 e. The highest BCUT2D eigenvalue weighted by atomic mass is 32.2. The van der Waals surface area contributed by atoms with Crippen molar-refractivity contribution < 1.29 is 34.2 Å². The lowest BCUT2D eigenvalue weighted by Crippen LogP contribution is -2.57. The smallest absolute Gasteiger partial charge is 0.326 e. The minimum Gasteiger partial charge on any atom is -0.481 e. The molecule has 1 unspecified atom stereocenters. The summed E-state index contributed by atoms with van der Waals surface area (Å²) >= 11 is 1.22.